The number of aromatic nitrogens is 2. The van der Waals surface area contributed by atoms with E-state index < -0.39 is 0 Å². The average molecular weight is 307 g/mol. The quantitative estimate of drug-likeness (QED) is 0.784. The second-order valence-electron chi connectivity index (χ2n) is 5.91. The molecule has 0 bridgehead atoms. The Kier molecular flexibility index (Phi) is 5.41. The Morgan fingerprint density at radius 3 is 2.86 bits per heavy atom. The molecule has 1 aromatic rings. The molecule has 0 unspecified atom stereocenters. The molecule has 0 aliphatic carbocycles. The van der Waals surface area contributed by atoms with Gasteiger partial charge in [0.15, 0.2) is 0 Å². The maximum atomic E-state index is 12.3. The molecule has 1 aromatic heterocycles. The predicted octanol–water partition coefficient (Wildman–Crippen LogP) is 0.857. The van der Waals surface area contributed by atoms with Crippen LogP contribution in [0, 0.1) is 5.92 Å². The lowest BCUT2D eigenvalue weighted by molar-refractivity contribution is 0.0939. The third-order valence-corrected chi connectivity index (χ3v) is 3.59. The van der Waals surface area contributed by atoms with Gasteiger partial charge in [-0.2, -0.15) is 5.10 Å². The number of hydrogen-bond acceptors (Lipinski definition) is 3. The van der Waals surface area contributed by atoms with Crippen molar-refractivity contribution >= 4 is 11.9 Å². The van der Waals surface area contributed by atoms with E-state index in [9.17, 15) is 9.59 Å². The summed E-state index contributed by atoms with van der Waals surface area (Å²) in [4.78, 5) is 25.4. The van der Waals surface area contributed by atoms with Gasteiger partial charge in [0.05, 0.1) is 5.69 Å². The zero-order valence-electron chi connectivity index (χ0n) is 13.6. The summed E-state index contributed by atoms with van der Waals surface area (Å²) in [6, 6.07) is 1.80. The van der Waals surface area contributed by atoms with Crippen LogP contribution in [0.3, 0.4) is 0 Å². The third-order valence-electron chi connectivity index (χ3n) is 3.59. The normalized spacial score (nSPS) is 14.5. The van der Waals surface area contributed by atoms with E-state index in [0.717, 1.165) is 12.1 Å². The molecule has 2 heterocycles. The molecule has 0 saturated carbocycles. The van der Waals surface area contributed by atoms with Gasteiger partial charge in [-0.15, -0.1) is 0 Å². The lowest BCUT2D eigenvalue weighted by atomic mass is 10.1. The number of carbonyl (C=O) groups is 2. The van der Waals surface area contributed by atoms with Crippen molar-refractivity contribution < 1.29 is 9.59 Å². The summed E-state index contributed by atoms with van der Waals surface area (Å²) in [6.07, 6.45) is 0.862. The maximum absolute atomic E-state index is 12.3. The molecule has 2 N–H and O–H groups in total. The Bertz CT molecular complexity index is 538. The number of rotatable bonds is 7. The van der Waals surface area contributed by atoms with Crippen LogP contribution in [0.2, 0.25) is 0 Å². The van der Waals surface area contributed by atoms with Gasteiger partial charge in [0.2, 0.25) is 0 Å². The van der Waals surface area contributed by atoms with E-state index in [1.54, 1.807) is 9.58 Å². The number of nitrogens with one attached hydrogen (secondary N) is 2. The van der Waals surface area contributed by atoms with E-state index in [1.165, 1.54) is 0 Å². The molecule has 0 spiro atoms. The molecule has 0 aromatic carbocycles. The van der Waals surface area contributed by atoms with Crippen LogP contribution in [0.5, 0.6) is 0 Å². The Morgan fingerprint density at radius 2 is 2.27 bits per heavy atom. The SMILES string of the molecule is CCn1nc(CC(C)C)cc1C(=O)NCCN1CCNC1=O. The number of aryl methyl sites for hydroxylation is 1. The third kappa shape index (κ3) is 3.99. The van der Waals surface area contributed by atoms with E-state index in [4.69, 9.17) is 0 Å². The highest BCUT2D eigenvalue weighted by atomic mass is 16.2. The zero-order valence-corrected chi connectivity index (χ0v) is 13.6. The summed E-state index contributed by atoms with van der Waals surface area (Å²) in [7, 11) is 0. The first kappa shape index (κ1) is 16.3. The average Bonchev–Trinajstić information content (AvgIpc) is 3.04. The van der Waals surface area contributed by atoms with Gasteiger partial charge < -0.3 is 15.5 Å². The number of urea groups is 1. The Balaban J connectivity index is 1.90. The molecule has 1 saturated heterocycles. The van der Waals surface area contributed by atoms with Crippen molar-refractivity contribution in [3.63, 3.8) is 0 Å². The molecular formula is C15H25N5O2. The van der Waals surface area contributed by atoms with Crippen LogP contribution in [-0.4, -0.2) is 52.8 Å². The minimum absolute atomic E-state index is 0.0629. The van der Waals surface area contributed by atoms with E-state index in [2.05, 4.69) is 29.6 Å². The molecule has 7 nitrogen and oxygen atoms in total. The number of nitrogens with zero attached hydrogens (tertiary/aromatic N) is 3. The lowest BCUT2D eigenvalue weighted by Gasteiger charge is -2.14. The minimum atomic E-state index is -0.135. The van der Waals surface area contributed by atoms with Crippen molar-refractivity contribution in [1.29, 1.82) is 0 Å². The molecule has 0 atom stereocenters. The Morgan fingerprint density at radius 1 is 1.50 bits per heavy atom. The molecule has 3 amide bonds. The maximum Gasteiger partial charge on any atom is 0.317 e. The summed E-state index contributed by atoms with van der Waals surface area (Å²) >= 11 is 0. The molecule has 7 heteroatoms. The van der Waals surface area contributed by atoms with Gasteiger partial charge in [-0.1, -0.05) is 13.8 Å². The standard InChI is InChI=1S/C15H25N5O2/c1-4-20-13(10-12(18-20)9-11(2)3)14(21)16-5-7-19-8-6-17-15(19)22/h10-11H,4-9H2,1-3H3,(H,16,21)(H,17,22). The van der Waals surface area contributed by atoms with Crippen molar-refractivity contribution in [2.75, 3.05) is 26.2 Å². The van der Waals surface area contributed by atoms with E-state index in [-0.39, 0.29) is 11.9 Å². The Labute approximate surface area is 131 Å². The van der Waals surface area contributed by atoms with Crippen LogP contribution in [0.25, 0.3) is 0 Å². The summed E-state index contributed by atoms with van der Waals surface area (Å²) < 4.78 is 1.73. The predicted molar refractivity (Wildman–Crippen MR) is 83.7 cm³/mol. The molecule has 22 heavy (non-hydrogen) atoms. The lowest BCUT2D eigenvalue weighted by Crippen LogP contribution is -2.37. The second kappa shape index (κ2) is 7.29. The van der Waals surface area contributed by atoms with Crippen molar-refractivity contribution in [1.82, 2.24) is 25.3 Å². The second-order valence-corrected chi connectivity index (χ2v) is 5.91. The topological polar surface area (TPSA) is 79.3 Å². The largest absolute Gasteiger partial charge is 0.349 e. The van der Waals surface area contributed by atoms with Crippen LogP contribution < -0.4 is 10.6 Å². The molecule has 122 valence electrons. The number of hydrogen-bond donors (Lipinski definition) is 2. The molecule has 1 aliphatic rings. The highest BCUT2D eigenvalue weighted by molar-refractivity contribution is 5.92. The summed E-state index contributed by atoms with van der Waals surface area (Å²) in [6.45, 7) is 9.23. The monoisotopic (exact) mass is 307 g/mol. The first-order valence-electron chi connectivity index (χ1n) is 7.89. The molecular weight excluding hydrogens is 282 g/mol. The van der Waals surface area contributed by atoms with Crippen LogP contribution in [0.4, 0.5) is 4.79 Å². The molecule has 1 fully saturated rings. The van der Waals surface area contributed by atoms with Crippen molar-refractivity contribution in [3.05, 3.63) is 17.5 Å². The van der Waals surface area contributed by atoms with Crippen LogP contribution in [0.1, 0.15) is 37.0 Å². The van der Waals surface area contributed by atoms with Crippen LogP contribution >= 0.6 is 0 Å². The molecule has 2 rings (SSSR count). The fourth-order valence-corrected chi connectivity index (χ4v) is 2.53. The van der Waals surface area contributed by atoms with Gasteiger partial charge in [0.25, 0.3) is 5.91 Å². The molecule has 1 aliphatic heterocycles. The van der Waals surface area contributed by atoms with Gasteiger partial charge in [0, 0.05) is 32.7 Å². The van der Waals surface area contributed by atoms with Gasteiger partial charge in [-0.3, -0.25) is 9.48 Å². The number of amides is 3. The van der Waals surface area contributed by atoms with Crippen molar-refractivity contribution in [2.45, 2.75) is 33.7 Å². The van der Waals surface area contributed by atoms with E-state index >= 15 is 0 Å². The first-order valence-corrected chi connectivity index (χ1v) is 7.89. The van der Waals surface area contributed by atoms with Gasteiger partial charge in [0.1, 0.15) is 5.69 Å². The van der Waals surface area contributed by atoms with Gasteiger partial charge in [-0.25, -0.2) is 4.79 Å². The van der Waals surface area contributed by atoms with Crippen LogP contribution in [-0.2, 0) is 13.0 Å². The first-order chi connectivity index (χ1) is 10.5. The van der Waals surface area contributed by atoms with E-state index in [0.29, 0.717) is 44.3 Å². The summed E-state index contributed by atoms with van der Waals surface area (Å²) in [5.74, 6) is 0.369. The fourth-order valence-electron chi connectivity index (χ4n) is 2.53. The number of carbonyl (C=O) groups excluding carboxylic acids is 2. The zero-order chi connectivity index (χ0) is 16.1. The Hall–Kier alpha value is -2.05. The van der Waals surface area contributed by atoms with Crippen molar-refractivity contribution in [3.8, 4) is 0 Å². The summed E-state index contributed by atoms with van der Waals surface area (Å²) in [5.41, 5.74) is 1.53. The highest BCUT2D eigenvalue weighted by Crippen LogP contribution is 2.10. The fraction of sp³-hybridized carbons (Fsp3) is 0.667. The van der Waals surface area contributed by atoms with Crippen LogP contribution in [0.15, 0.2) is 6.07 Å². The van der Waals surface area contributed by atoms with Crippen molar-refractivity contribution in [2.24, 2.45) is 5.92 Å². The van der Waals surface area contributed by atoms with Gasteiger partial charge in [-0.05, 0) is 25.3 Å². The summed E-state index contributed by atoms with van der Waals surface area (Å²) in [5, 5.41) is 10.1. The smallest absolute Gasteiger partial charge is 0.317 e. The van der Waals surface area contributed by atoms with Gasteiger partial charge >= 0.3 is 6.03 Å². The van der Waals surface area contributed by atoms with E-state index in [1.807, 2.05) is 13.0 Å². The minimum Gasteiger partial charge on any atom is -0.349 e. The molecule has 0 radical (unpaired) electrons. The highest BCUT2D eigenvalue weighted by Gasteiger charge is 2.19.